The Hall–Kier alpha value is -1.03. The largest absolute Gasteiger partial charge is 0.478 e. The number of nitrogens with one attached hydrogen (secondary N) is 1. The summed E-state index contributed by atoms with van der Waals surface area (Å²) in [5, 5.41) is 20.3. The fourth-order valence-electron chi connectivity index (χ4n) is 1.01. The van der Waals surface area contributed by atoms with Gasteiger partial charge in [-0.15, -0.1) is 0 Å². The zero-order valence-electron chi connectivity index (χ0n) is 8.08. The summed E-state index contributed by atoms with van der Waals surface area (Å²) in [6.45, 7) is 3.90. The minimum absolute atomic E-state index is 0.00393. The molecule has 0 aromatic rings. The summed E-state index contributed by atoms with van der Waals surface area (Å²) in [6.07, 6.45) is 3.90. The maximum atomic E-state index is 10.2. The molecule has 0 radical (unpaired) electrons. The van der Waals surface area contributed by atoms with Crippen molar-refractivity contribution in [2.45, 2.75) is 32.2 Å². The average Bonchev–Trinajstić information content (AvgIpc) is 2.13. The molecule has 0 amide bonds. The van der Waals surface area contributed by atoms with Gasteiger partial charge in [-0.25, -0.2) is 4.79 Å². The standard InChI is InChI=1S/C9H17NO3/c1-3-9(4-2,7-11)10-6-5-8(12)13/h5-6,10-11H,3-4,7H2,1-2H3,(H,12,13)/b6-5+. The molecule has 4 nitrogen and oxygen atoms in total. The van der Waals surface area contributed by atoms with Crippen LogP contribution < -0.4 is 5.32 Å². The lowest BCUT2D eigenvalue weighted by Crippen LogP contribution is -2.44. The molecule has 0 bridgehead atoms. The first kappa shape index (κ1) is 12.0. The second kappa shape index (κ2) is 5.59. The number of aliphatic hydroxyl groups excluding tert-OH is 1. The summed E-state index contributed by atoms with van der Waals surface area (Å²) < 4.78 is 0. The van der Waals surface area contributed by atoms with Gasteiger partial charge in [-0.3, -0.25) is 0 Å². The van der Waals surface area contributed by atoms with Crippen molar-refractivity contribution in [1.29, 1.82) is 0 Å². The monoisotopic (exact) mass is 187 g/mol. The van der Waals surface area contributed by atoms with E-state index in [0.717, 1.165) is 18.9 Å². The van der Waals surface area contributed by atoms with E-state index in [1.165, 1.54) is 6.20 Å². The van der Waals surface area contributed by atoms with Crippen LogP contribution in [0.5, 0.6) is 0 Å². The smallest absolute Gasteiger partial charge is 0.329 e. The summed E-state index contributed by atoms with van der Waals surface area (Å²) in [4.78, 5) is 10.2. The van der Waals surface area contributed by atoms with E-state index in [1.54, 1.807) is 0 Å². The maximum Gasteiger partial charge on any atom is 0.329 e. The zero-order chi connectivity index (χ0) is 10.3. The number of aliphatic carboxylic acids is 1. The average molecular weight is 187 g/mol. The number of carbonyl (C=O) groups is 1. The molecular weight excluding hydrogens is 170 g/mol. The summed E-state index contributed by atoms with van der Waals surface area (Å²) >= 11 is 0. The summed E-state index contributed by atoms with van der Waals surface area (Å²) in [7, 11) is 0. The highest BCUT2D eigenvalue weighted by Crippen LogP contribution is 2.13. The zero-order valence-corrected chi connectivity index (χ0v) is 8.08. The lowest BCUT2D eigenvalue weighted by Gasteiger charge is -2.29. The molecule has 13 heavy (non-hydrogen) atoms. The molecule has 0 spiro atoms. The van der Waals surface area contributed by atoms with Gasteiger partial charge in [0.1, 0.15) is 0 Å². The third-order valence-corrected chi connectivity index (χ3v) is 2.27. The van der Waals surface area contributed by atoms with Gasteiger partial charge < -0.3 is 15.5 Å². The van der Waals surface area contributed by atoms with Crippen LogP contribution in [0.4, 0.5) is 0 Å². The van der Waals surface area contributed by atoms with Crippen molar-refractivity contribution in [3.8, 4) is 0 Å². The topological polar surface area (TPSA) is 69.6 Å². The van der Waals surface area contributed by atoms with Crippen LogP contribution in [0.15, 0.2) is 12.3 Å². The van der Waals surface area contributed by atoms with Gasteiger partial charge in [-0.1, -0.05) is 13.8 Å². The molecule has 4 heteroatoms. The van der Waals surface area contributed by atoms with Crippen molar-refractivity contribution in [2.75, 3.05) is 6.61 Å². The van der Waals surface area contributed by atoms with Crippen LogP contribution in [-0.2, 0) is 4.79 Å². The Labute approximate surface area is 78.3 Å². The fourth-order valence-corrected chi connectivity index (χ4v) is 1.01. The van der Waals surface area contributed by atoms with Crippen LogP contribution in [0.1, 0.15) is 26.7 Å². The van der Waals surface area contributed by atoms with Crippen molar-refractivity contribution < 1.29 is 15.0 Å². The molecule has 0 fully saturated rings. The predicted octanol–water partition coefficient (Wildman–Crippen LogP) is 0.725. The molecule has 3 N–H and O–H groups in total. The minimum atomic E-state index is -0.994. The Bertz CT molecular complexity index is 177. The highest BCUT2D eigenvalue weighted by Gasteiger charge is 2.22. The molecule has 0 saturated carbocycles. The van der Waals surface area contributed by atoms with Crippen molar-refractivity contribution in [3.05, 3.63) is 12.3 Å². The van der Waals surface area contributed by atoms with Gasteiger partial charge in [0.25, 0.3) is 0 Å². The van der Waals surface area contributed by atoms with E-state index in [9.17, 15) is 4.79 Å². The van der Waals surface area contributed by atoms with Crippen molar-refractivity contribution in [3.63, 3.8) is 0 Å². The molecule has 0 aromatic heterocycles. The van der Waals surface area contributed by atoms with Gasteiger partial charge in [-0.2, -0.15) is 0 Å². The molecule has 0 heterocycles. The molecule has 0 atom stereocenters. The summed E-state index contributed by atoms with van der Waals surface area (Å²) in [5.74, 6) is -0.994. The molecule has 0 unspecified atom stereocenters. The van der Waals surface area contributed by atoms with Crippen LogP contribution >= 0.6 is 0 Å². The van der Waals surface area contributed by atoms with Gasteiger partial charge in [0.15, 0.2) is 0 Å². The lowest BCUT2D eigenvalue weighted by molar-refractivity contribution is -0.131. The number of rotatable bonds is 6. The second-order valence-electron chi connectivity index (χ2n) is 2.96. The Kier molecular flexibility index (Phi) is 5.14. The van der Waals surface area contributed by atoms with E-state index in [1.807, 2.05) is 13.8 Å². The molecular formula is C9H17NO3. The van der Waals surface area contributed by atoms with E-state index in [4.69, 9.17) is 10.2 Å². The third kappa shape index (κ3) is 3.94. The SMILES string of the molecule is CCC(CC)(CO)N/C=C/C(=O)O. The number of aliphatic hydroxyl groups is 1. The highest BCUT2D eigenvalue weighted by atomic mass is 16.4. The molecule has 0 aliphatic carbocycles. The van der Waals surface area contributed by atoms with Gasteiger partial charge in [0.05, 0.1) is 12.1 Å². The van der Waals surface area contributed by atoms with E-state index in [0.29, 0.717) is 0 Å². The molecule has 76 valence electrons. The van der Waals surface area contributed by atoms with Crippen LogP contribution in [0.3, 0.4) is 0 Å². The Balaban J connectivity index is 4.17. The quantitative estimate of drug-likeness (QED) is 0.536. The number of hydrogen-bond acceptors (Lipinski definition) is 3. The lowest BCUT2D eigenvalue weighted by atomic mass is 9.94. The Morgan fingerprint density at radius 2 is 2.00 bits per heavy atom. The normalized spacial score (nSPS) is 11.9. The molecule has 0 aliphatic heterocycles. The van der Waals surface area contributed by atoms with Gasteiger partial charge in [0.2, 0.25) is 0 Å². The molecule has 0 aromatic carbocycles. The number of carboxylic acids is 1. The maximum absolute atomic E-state index is 10.2. The Morgan fingerprint density at radius 3 is 2.31 bits per heavy atom. The fraction of sp³-hybridized carbons (Fsp3) is 0.667. The second-order valence-corrected chi connectivity index (χ2v) is 2.96. The van der Waals surface area contributed by atoms with Crippen molar-refractivity contribution in [1.82, 2.24) is 5.32 Å². The van der Waals surface area contributed by atoms with E-state index in [2.05, 4.69) is 5.32 Å². The van der Waals surface area contributed by atoms with Gasteiger partial charge in [-0.05, 0) is 12.8 Å². The van der Waals surface area contributed by atoms with Crippen LogP contribution in [0.2, 0.25) is 0 Å². The number of carboxylic acid groups (broad SMARTS) is 1. The molecule has 0 aliphatic rings. The van der Waals surface area contributed by atoms with Crippen LogP contribution in [0, 0.1) is 0 Å². The van der Waals surface area contributed by atoms with Crippen LogP contribution in [-0.4, -0.2) is 28.3 Å². The van der Waals surface area contributed by atoms with E-state index >= 15 is 0 Å². The van der Waals surface area contributed by atoms with Gasteiger partial charge >= 0.3 is 5.97 Å². The first-order valence-corrected chi connectivity index (χ1v) is 4.38. The summed E-state index contributed by atoms with van der Waals surface area (Å²) in [5.41, 5.74) is -0.383. The third-order valence-electron chi connectivity index (χ3n) is 2.27. The highest BCUT2D eigenvalue weighted by molar-refractivity contribution is 5.79. The molecule has 0 saturated heterocycles. The Morgan fingerprint density at radius 1 is 1.46 bits per heavy atom. The first-order valence-electron chi connectivity index (χ1n) is 4.38. The number of hydrogen-bond donors (Lipinski definition) is 3. The van der Waals surface area contributed by atoms with Gasteiger partial charge in [0, 0.05) is 12.3 Å². The van der Waals surface area contributed by atoms with Crippen LogP contribution in [0.25, 0.3) is 0 Å². The van der Waals surface area contributed by atoms with Crippen molar-refractivity contribution >= 4 is 5.97 Å². The first-order chi connectivity index (χ1) is 6.10. The molecule has 0 rings (SSSR count). The van der Waals surface area contributed by atoms with E-state index in [-0.39, 0.29) is 12.1 Å². The predicted molar refractivity (Wildman–Crippen MR) is 50.3 cm³/mol. The van der Waals surface area contributed by atoms with Crippen molar-refractivity contribution in [2.24, 2.45) is 0 Å². The summed E-state index contributed by atoms with van der Waals surface area (Å²) in [6, 6.07) is 0. The minimum Gasteiger partial charge on any atom is -0.478 e. The van der Waals surface area contributed by atoms with E-state index < -0.39 is 5.97 Å².